The first kappa shape index (κ1) is 30.4. The average Bonchev–Trinajstić information content (AvgIpc) is 3.30. The van der Waals surface area contributed by atoms with Gasteiger partial charge in [0.25, 0.3) is 5.91 Å². The SMILES string of the molecule is NC(=O)c1cc(-c2cccnc2C(Cc2cc(F)cc(F)c2)NC(=O)Cn2nc(C(F)(F)F)c3c2CC(=O)CC3)ccc1F. The minimum Gasteiger partial charge on any atom is -0.366 e. The fourth-order valence-electron chi connectivity index (χ4n) is 5.27. The van der Waals surface area contributed by atoms with Crippen molar-refractivity contribution in [1.29, 1.82) is 0 Å². The highest BCUT2D eigenvalue weighted by atomic mass is 19.4. The summed E-state index contributed by atoms with van der Waals surface area (Å²) in [5, 5.41) is 6.26. The fourth-order valence-corrected chi connectivity index (χ4v) is 5.27. The maximum absolute atomic E-state index is 14.2. The summed E-state index contributed by atoms with van der Waals surface area (Å²) in [4.78, 5) is 41.5. The van der Waals surface area contributed by atoms with Gasteiger partial charge in [0.15, 0.2) is 5.69 Å². The number of halogens is 6. The lowest BCUT2D eigenvalue weighted by Crippen LogP contribution is -2.34. The van der Waals surface area contributed by atoms with Gasteiger partial charge in [-0.25, -0.2) is 13.2 Å². The van der Waals surface area contributed by atoms with E-state index in [1.165, 1.54) is 24.4 Å². The van der Waals surface area contributed by atoms with Gasteiger partial charge >= 0.3 is 6.18 Å². The number of nitrogens with zero attached hydrogens (tertiary/aromatic N) is 3. The van der Waals surface area contributed by atoms with E-state index < -0.39 is 59.3 Å². The summed E-state index contributed by atoms with van der Waals surface area (Å²) in [7, 11) is 0. The molecule has 0 spiro atoms. The fraction of sp³-hybridized carbons (Fsp3) is 0.233. The molecule has 0 radical (unpaired) electrons. The minimum atomic E-state index is -4.81. The quantitative estimate of drug-likeness (QED) is 0.280. The number of nitrogens with two attached hydrogens (primary N) is 1. The van der Waals surface area contributed by atoms with Crippen LogP contribution < -0.4 is 11.1 Å². The number of nitrogens with one attached hydrogen (secondary N) is 1. The van der Waals surface area contributed by atoms with Crippen LogP contribution in [0.2, 0.25) is 0 Å². The van der Waals surface area contributed by atoms with E-state index in [0.717, 1.165) is 22.9 Å². The molecule has 228 valence electrons. The van der Waals surface area contributed by atoms with Crippen LogP contribution in [0.3, 0.4) is 0 Å². The molecule has 0 aliphatic heterocycles. The van der Waals surface area contributed by atoms with E-state index in [1.54, 1.807) is 6.07 Å². The van der Waals surface area contributed by atoms with Gasteiger partial charge in [0.2, 0.25) is 5.91 Å². The molecule has 2 amide bonds. The molecule has 3 N–H and O–H groups in total. The van der Waals surface area contributed by atoms with Crippen molar-refractivity contribution in [2.45, 2.75) is 44.4 Å². The van der Waals surface area contributed by atoms with Crippen LogP contribution in [-0.4, -0.2) is 32.4 Å². The first-order valence-electron chi connectivity index (χ1n) is 13.3. The summed E-state index contributed by atoms with van der Waals surface area (Å²) >= 11 is 0. The molecule has 5 rings (SSSR count). The second kappa shape index (κ2) is 11.9. The summed E-state index contributed by atoms with van der Waals surface area (Å²) in [6.07, 6.45) is -4.23. The number of amides is 2. The Kier molecular flexibility index (Phi) is 8.26. The second-order valence-electron chi connectivity index (χ2n) is 10.2. The first-order valence-corrected chi connectivity index (χ1v) is 13.3. The number of fused-ring (bicyclic) bond motifs is 1. The molecule has 14 heteroatoms. The van der Waals surface area contributed by atoms with Gasteiger partial charge in [-0.05, 0) is 54.3 Å². The van der Waals surface area contributed by atoms with Crippen LogP contribution in [-0.2, 0) is 41.6 Å². The molecule has 1 unspecified atom stereocenters. The third kappa shape index (κ3) is 6.48. The summed E-state index contributed by atoms with van der Waals surface area (Å²) in [5.41, 5.74) is 4.38. The highest BCUT2D eigenvalue weighted by Gasteiger charge is 2.40. The van der Waals surface area contributed by atoms with Gasteiger partial charge in [0, 0.05) is 36.2 Å². The molecule has 2 heterocycles. The molecule has 44 heavy (non-hydrogen) atoms. The number of Topliss-reactive ketones (excluding diaryl/α,β-unsaturated/α-hetero) is 1. The van der Waals surface area contributed by atoms with Crippen molar-refractivity contribution in [3.63, 3.8) is 0 Å². The molecule has 0 saturated heterocycles. The largest absolute Gasteiger partial charge is 0.435 e. The number of hydrogen-bond acceptors (Lipinski definition) is 5. The number of hydrogen-bond donors (Lipinski definition) is 2. The number of pyridine rings is 1. The molecule has 1 atom stereocenters. The Morgan fingerprint density at radius 2 is 1.75 bits per heavy atom. The Hall–Kier alpha value is -5.01. The molecular formula is C30H23F6N5O3. The predicted octanol–water partition coefficient (Wildman–Crippen LogP) is 4.64. The number of primary amides is 1. The minimum absolute atomic E-state index is 0.0173. The van der Waals surface area contributed by atoms with Crippen molar-refractivity contribution in [1.82, 2.24) is 20.1 Å². The smallest absolute Gasteiger partial charge is 0.366 e. The van der Waals surface area contributed by atoms with Crippen LogP contribution in [0.1, 0.15) is 51.0 Å². The Labute approximate surface area is 245 Å². The molecule has 0 fully saturated rings. The van der Waals surface area contributed by atoms with Gasteiger partial charge in [0.05, 0.1) is 23.0 Å². The van der Waals surface area contributed by atoms with Crippen molar-refractivity contribution in [2.75, 3.05) is 0 Å². The summed E-state index contributed by atoms with van der Waals surface area (Å²) in [6.45, 7) is -0.704. The lowest BCUT2D eigenvalue weighted by Gasteiger charge is -2.22. The Bertz CT molecular complexity index is 1770. The van der Waals surface area contributed by atoms with Crippen molar-refractivity contribution in [2.24, 2.45) is 5.73 Å². The van der Waals surface area contributed by atoms with Gasteiger partial charge in [0.1, 0.15) is 29.8 Å². The molecule has 1 aliphatic carbocycles. The third-order valence-corrected chi connectivity index (χ3v) is 7.16. The number of rotatable bonds is 8. The molecule has 4 aromatic rings. The van der Waals surface area contributed by atoms with Crippen molar-refractivity contribution in [3.05, 3.63) is 106 Å². The number of ketones is 1. The van der Waals surface area contributed by atoms with Crippen molar-refractivity contribution in [3.8, 4) is 11.1 Å². The van der Waals surface area contributed by atoms with Gasteiger partial charge in [-0.3, -0.25) is 24.0 Å². The van der Waals surface area contributed by atoms with Gasteiger partial charge in [-0.15, -0.1) is 0 Å². The van der Waals surface area contributed by atoms with E-state index in [0.29, 0.717) is 11.6 Å². The van der Waals surface area contributed by atoms with Gasteiger partial charge in [-0.2, -0.15) is 18.3 Å². The number of carbonyl (C=O) groups is 3. The van der Waals surface area contributed by atoms with Crippen molar-refractivity contribution >= 4 is 17.6 Å². The van der Waals surface area contributed by atoms with E-state index in [2.05, 4.69) is 15.4 Å². The second-order valence-corrected chi connectivity index (χ2v) is 10.2. The number of benzene rings is 2. The summed E-state index contributed by atoms with van der Waals surface area (Å²) in [5.74, 6) is -4.81. The van der Waals surface area contributed by atoms with Crippen LogP contribution in [0, 0.1) is 17.5 Å². The highest BCUT2D eigenvalue weighted by Crippen LogP contribution is 2.35. The number of aromatic nitrogens is 3. The lowest BCUT2D eigenvalue weighted by atomic mass is 9.94. The maximum Gasteiger partial charge on any atom is 0.435 e. The topological polar surface area (TPSA) is 120 Å². The number of alkyl halides is 3. The molecule has 1 aliphatic rings. The average molecular weight is 616 g/mol. The lowest BCUT2D eigenvalue weighted by molar-refractivity contribution is -0.142. The van der Waals surface area contributed by atoms with E-state index in [9.17, 15) is 40.7 Å². The monoisotopic (exact) mass is 615 g/mol. The normalized spacial score (nSPS) is 13.8. The maximum atomic E-state index is 14.2. The van der Waals surface area contributed by atoms with E-state index in [-0.39, 0.29) is 59.5 Å². The molecular weight excluding hydrogens is 592 g/mol. The molecule has 2 aromatic carbocycles. The molecule has 2 aromatic heterocycles. The Morgan fingerprint density at radius 3 is 2.43 bits per heavy atom. The van der Waals surface area contributed by atoms with Crippen LogP contribution in [0.4, 0.5) is 26.3 Å². The van der Waals surface area contributed by atoms with E-state index in [1.807, 2.05) is 0 Å². The summed E-state index contributed by atoms with van der Waals surface area (Å²) < 4.78 is 84.3. The zero-order valence-corrected chi connectivity index (χ0v) is 22.7. The Balaban J connectivity index is 1.53. The van der Waals surface area contributed by atoms with E-state index in [4.69, 9.17) is 5.73 Å². The highest BCUT2D eigenvalue weighted by molar-refractivity contribution is 5.94. The molecule has 0 saturated carbocycles. The van der Waals surface area contributed by atoms with Crippen LogP contribution >= 0.6 is 0 Å². The zero-order chi connectivity index (χ0) is 31.8. The van der Waals surface area contributed by atoms with Crippen LogP contribution in [0.5, 0.6) is 0 Å². The first-order chi connectivity index (χ1) is 20.8. The summed E-state index contributed by atoms with van der Waals surface area (Å²) in [6, 6.07) is 8.24. The third-order valence-electron chi connectivity index (χ3n) is 7.16. The van der Waals surface area contributed by atoms with Crippen LogP contribution in [0.15, 0.2) is 54.7 Å². The molecule has 0 bridgehead atoms. The van der Waals surface area contributed by atoms with Crippen molar-refractivity contribution < 1.29 is 40.7 Å². The van der Waals surface area contributed by atoms with E-state index >= 15 is 0 Å². The van der Waals surface area contributed by atoms with Gasteiger partial charge in [-0.1, -0.05) is 12.1 Å². The molecule has 8 nitrogen and oxygen atoms in total. The van der Waals surface area contributed by atoms with Crippen LogP contribution in [0.25, 0.3) is 11.1 Å². The number of carbonyl (C=O) groups excluding carboxylic acids is 3. The Morgan fingerprint density at radius 1 is 1.02 bits per heavy atom. The van der Waals surface area contributed by atoms with Gasteiger partial charge < -0.3 is 11.1 Å². The standard InChI is InChI=1S/C30H23F6N5O3/c31-17-8-15(9-18(32)12-17)10-24(27-20(2-1-7-38-27)16-3-6-23(33)22(11-16)29(37)44)39-26(43)14-41-25-13-19(42)4-5-21(25)28(40-41)30(34,35)36/h1-3,6-9,11-12,24H,4-5,10,13-14H2,(H2,37,44)(H,39,43). The zero-order valence-electron chi connectivity index (χ0n) is 22.7. The predicted molar refractivity (Wildman–Crippen MR) is 143 cm³/mol.